The Morgan fingerprint density at radius 2 is 1.89 bits per heavy atom. The van der Waals surface area contributed by atoms with Gasteiger partial charge >= 0.3 is 12.3 Å². The molecule has 1 aromatic carbocycles. The number of carbonyl (C=O) groups excluding carboxylic acids is 1. The third-order valence-electron chi connectivity index (χ3n) is 6.62. The Bertz CT molecular complexity index is 1070. The van der Waals surface area contributed by atoms with E-state index in [2.05, 4.69) is 43.5 Å². The van der Waals surface area contributed by atoms with Crippen molar-refractivity contribution >= 4 is 29.2 Å². The molecular formula is C25H34F3N7O2. The summed E-state index contributed by atoms with van der Waals surface area (Å²) in [5, 5.41) is 5.84. The van der Waals surface area contributed by atoms with E-state index in [1.54, 1.807) is 4.90 Å². The van der Waals surface area contributed by atoms with Gasteiger partial charge in [-0.15, -0.1) is 0 Å². The second-order valence-electron chi connectivity index (χ2n) is 9.46. The number of aromatic nitrogens is 2. The van der Waals surface area contributed by atoms with E-state index in [9.17, 15) is 18.0 Å². The van der Waals surface area contributed by atoms with Crippen molar-refractivity contribution in [2.75, 3.05) is 75.0 Å². The summed E-state index contributed by atoms with van der Waals surface area (Å²) in [7, 11) is 2.11. The minimum absolute atomic E-state index is 0.0713. The molecule has 2 aromatic rings. The zero-order chi connectivity index (χ0) is 26.4. The number of nitrogens with zero attached hydrogens (tertiary/aromatic N) is 5. The maximum Gasteiger partial charge on any atom is 0.421 e. The minimum Gasteiger partial charge on any atom is -0.449 e. The van der Waals surface area contributed by atoms with Gasteiger partial charge in [0.05, 0.1) is 6.61 Å². The lowest BCUT2D eigenvalue weighted by Crippen LogP contribution is -2.44. The fourth-order valence-corrected chi connectivity index (χ4v) is 4.38. The van der Waals surface area contributed by atoms with Gasteiger partial charge in [-0.25, -0.2) is 9.78 Å². The van der Waals surface area contributed by atoms with E-state index in [1.807, 2.05) is 19.1 Å². The van der Waals surface area contributed by atoms with Crippen LogP contribution in [0.4, 0.5) is 41.1 Å². The van der Waals surface area contributed by atoms with Crippen molar-refractivity contribution in [3.8, 4) is 0 Å². The molecule has 202 valence electrons. The summed E-state index contributed by atoms with van der Waals surface area (Å²) in [6.07, 6.45) is -2.09. The number of cyclic esters (lactones) is 1. The van der Waals surface area contributed by atoms with Crippen LogP contribution in [-0.2, 0) is 10.9 Å². The smallest absolute Gasteiger partial charge is 0.421 e. The predicted octanol–water partition coefficient (Wildman–Crippen LogP) is 4.33. The Hall–Kier alpha value is -3.28. The van der Waals surface area contributed by atoms with Crippen molar-refractivity contribution in [1.29, 1.82) is 0 Å². The van der Waals surface area contributed by atoms with Crippen LogP contribution in [-0.4, -0.2) is 85.3 Å². The first kappa shape index (κ1) is 26.8. The molecular weight excluding hydrogens is 487 g/mol. The van der Waals surface area contributed by atoms with Gasteiger partial charge < -0.3 is 30.1 Å². The van der Waals surface area contributed by atoms with Crippen LogP contribution in [0.15, 0.2) is 24.4 Å². The van der Waals surface area contributed by atoms with Crippen LogP contribution < -0.4 is 15.5 Å². The van der Waals surface area contributed by atoms with Crippen molar-refractivity contribution < 1.29 is 22.7 Å². The van der Waals surface area contributed by atoms with Gasteiger partial charge in [-0.2, -0.15) is 18.2 Å². The fourth-order valence-electron chi connectivity index (χ4n) is 4.38. The van der Waals surface area contributed by atoms with Crippen LogP contribution in [0.2, 0.25) is 0 Å². The Morgan fingerprint density at radius 3 is 2.62 bits per heavy atom. The lowest BCUT2D eigenvalue weighted by Gasteiger charge is -2.34. The molecule has 2 fully saturated rings. The van der Waals surface area contributed by atoms with Gasteiger partial charge in [0.25, 0.3) is 0 Å². The highest BCUT2D eigenvalue weighted by Gasteiger charge is 2.35. The molecule has 0 unspecified atom stereocenters. The van der Waals surface area contributed by atoms with E-state index in [1.165, 1.54) is 0 Å². The summed E-state index contributed by atoms with van der Waals surface area (Å²) in [6, 6.07) is 5.96. The quantitative estimate of drug-likeness (QED) is 0.497. The number of hydrogen-bond donors (Lipinski definition) is 2. The van der Waals surface area contributed by atoms with E-state index in [0.29, 0.717) is 26.1 Å². The number of ether oxygens (including phenoxy) is 1. The minimum atomic E-state index is -4.60. The molecule has 2 saturated heterocycles. The average molecular weight is 522 g/mol. The monoisotopic (exact) mass is 521 g/mol. The molecule has 0 bridgehead atoms. The summed E-state index contributed by atoms with van der Waals surface area (Å²) < 4.78 is 45.9. The van der Waals surface area contributed by atoms with Crippen LogP contribution in [0.5, 0.6) is 0 Å². The molecule has 9 nitrogen and oxygen atoms in total. The standard InChI is InChI=1S/C25H34F3N7O2/c1-18-16-19(34-13-11-33(2)12-14-34)6-7-21(18)31-23-30-17-20(25(26,27)28)22(32-23)29-8-5-10-35-9-3-4-15-37-24(35)36/h6-7,16-17H,3-5,8-15H2,1-2H3,(H2,29,30,31,32). The van der Waals surface area contributed by atoms with Crippen molar-refractivity contribution in [3.05, 3.63) is 35.5 Å². The number of hydrogen-bond acceptors (Lipinski definition) is 8. The number of halogens is 3. The lowest BCUT2D eigenvalue weighted by molar-refractivity contribution is -0.137. The van der Waals surface area contributed by atoms with E-state index >= 15 is 0 Å². The first-order valence-electron chi connectivity index (χ1n) is 12.6. The second-order valence-corrected chi connectivity index (χ2v) is 9.46. The zero-order valence-electron chi connectivity index (χ0n) is 21.3. The van der Waals surface area contributed by atoms with Gasteiger partial charge in [0.15, 0.2) is 0 Å². The molecule has 0 atom stereocenters. The Balaban J connectivity index is 1.41. The van der Waals surface area contributed by atoms with Gasteiger partial charge in [-0.05, 0) is 57.0 Å². The molecule has 37 heavy (non-hydrogen) atoms. The summed E-state index contributed by atoms with van der Waals surface area (Å²) >= 11 is 0. The van der Waals surface area contributed by atoms with Gasteiger partial charge in [-0.3, -0.25) is 0 Å². The molecule has 1 aromatic heterocycles. The number of nitrogens with one attached hydrogen (secondary N) is 2. The van der Waals surface area contributed by atoms with Crippen molar-refractivity contribution in [2.24, 2.45) is 0 Å². The zero-order valence-corrected chi connectivity index (χ0v) is 21.3. The highest BCUT2D eigenvalue weighted by molar-refractivity contribution is 5.68. The molecule has 0 aliphatic carbocycles. The number of aryl methyl sites for hydroxylation is 1. The number of anilines is 4. The summed E-state index contributed by atoms with van der Waals surface area (Å²) in [6.45, 7) is 7.41. The van der Waals surface area contributed by atoms with Crippen molar-refractivity contribution in [1.82, 2.24) is 19.8 Å². The van der Waals surface area contributed by atoms with Crippen LogP contribution in [0.3, 0.4) is 0 Å². The molecule has 0 saturated carbocycles. The van der Waals surface area contributed by atoms with Crippen molar-refractivity contribution in [2.45, 2.75) is 32.4 Å². The van der Waals surface area contributed by atoms with Gasteiger partial charge in [-0.1, -0.05) is 0 Å². The van der Waals surface area contributed by atoms with Crippen LogP contribution in [0.1, 0.15) is 30.4 Å². The first-order valence-corrected chi connectivity index (χ1v) is 12.6. The molecule has 3 heterocycles. The average Bonchev–Trinajstić information content (AvgIpc) is 3.07. The molecule has 2 N–H and O–H groups in total. The molecule has 0 radical (unpaired) electrons. The second kappa shape index (κ2) is 11.8. The van der Waals surface area contributed by atoms with Crippen LogP contribution >= 0.6 is 0 Å². The molecule has 4 rings (SSSR count). The molecule has 1 amide bonds. The lowest BCUT2D eigenvalue weighted by atomic mass is 10.1. The van der Waals surface area contributed by atoms with Gasteiger partial charge in [0.2, 0.25) is 5.95 Å². The number of rotatable bonds is 8. The number of benzene rings is 1. The largest absolute Gasteiger partial charge is 0.449 e. The van der Waals surface area contributed by atoms with E-state index in [0.717, 1.165) is 62.2 Å². The SMILES string of the molecule is Cc1cc(N2CCN(C)CC2)ccc1Nc1ncc(C(F)(F)F)c(NCCCN2CCCCOC2=O)n1. The number of likely N-dealkylation sites (N-methyl/N-ethyl adjacent to an activating group) is 1. The topological polar surface area (TPSA) is 85.9 Å². The summed E-state index contributed by atoms with van der Waals surface area (Å²) in [5.74, 6) is -0.225. The predicted molar refractivity (Wildman–Crippen MR) is 136 cm³/mol. The number of amides is 1. The maximum atomic E-state index is 13.6. The maximum absolute atomic E-state index is 13.6. The third kappa shape index (κ3) is 7.15. The highest BCUT2D eigenvalue weighted by Crippen LogP contribution is 2.34. The number of piperazine rings is 1. The Kier molecular flexibility index (Phi) is 8.57. The van der Waals surface area contributed by atoms with Crippen LogP contribution in [0, 0.1) is 6.92 Å². The Morgan fingerprint density at radius 1 is 1.11 bits per heavy atom. The molecule has 2 aliphatic rings. The highest BCUT2D eigenvalue weighted by atomic mass is 19.4. The molecule has 12 heteroatoms. The number of carbonyl (C=O) groups is 1. The van der Waals surface area contributed by atoms with Gasteiger partial charge in [0.1, 0.15) is 11.4 Å². The fraction of sp³-hybridized carbons (Fsp3) is 0.560. The van der Waals surface area contributed by atoms with Crippen LogP contribution in [0.25, 0.3) is 0 Å². The van der Waals surface area contributed by atoms with E-state index in [4.69, 9.17) is 4.74 Å². The van der Waals surface area contributed by atoms with Crippen molar-refractivity contribution in [3.63, 3.8) is 0 Å². The first-order chi connectivity index (χ1) is 17.7. The third-order valence-corrected chi connectivity index (χ3v) is 6.62. The normalized spacial score (nSPS) is 17.4. The van der Waals surface area contributed by atoms with E-state index in [-0.39, 0.29) is 24.4 Å². The van der Waals surface area contributed by atoms with Gasteiger partial charge in [0, 0.05) is 63.4 Å². The Labute approximate surface area is 215 Å². The number of alkyl halides is 3. The molecule has 0 spiro atoms. The summed E-state index contributed by atoms with van der Waals surface area (Å²) in [5.41, 5.74) is 1.84. The summed E-state index contributed by atoms with van der Waals surface area (Å²) in [4.78, 5) is 26.2. The molecule has 2 aliphatic heterocycles. The van der Waals surface area contributed by atoms with E-state index < -0.39 is 11.7 Å².